The van der Waals surface area contributed by atoms with Crippen LogP contribution in [0, 0.1) is 6.92 Å². The Morgan fingerprint density at radius 2 is 1.03 bits per heavy atom. The minimum atomic E-state index is 0.629. The maximum Gasteiger partial charge on any atom is 0.120 e. The van der Waals surface area contributed by atoms with Gasteiger partial charge >= 0.3 is 0 Å². The Balaban J connectivity index is 0.000000260. The number of fused-ring (bicyclic) bond motifs is 1. The van der Waals surface area contributed by atoms with Crippen LogP contribution in [0.15, 0.2) is 103 Å². The lowest BCUT2D eigenvalue weighted by molar-refractivity contribution is 0.306. The van der Waals surface area contributed by atoms with Crippen LogP contribution in [0.3, 0.4) is 0 Å². The van der Waals surface area contributed by atoms with E-state index in [1.54, 1.807) is 0 Å². The van der Waals surface area contributed by atoms with Crippen molar-refractivity contribution in [1.82, 2.24) is 0 Å². The van der Waals surface area contributed by atoms with Crippen LogP contribution in [-0.4, -0.2) is 0 Å². The van der Waals surface area contributed by atoms with Crippen LogP contribution in [-0.2, 0) is 6.61 Å². The van der Waals surface area contributed by atoms with Crippen LogP contribution in [0.1, 0.15) is 38.8 Å². The number of hydrogen-bond donors (Lipinski definition) is 0. The lowest BCUT2D eigenvalue weighted by atomic mass is 10.1. The summed E-state index contributed by atoms with van der Waals surface area (Å²) in [6.07, 6.45) is 0. The fourth-order valence-corrected chi connectivity index (χ4v) is 2.58. The molecule has 0 aliphatic rings. The van der Waals surface area contributed by atoms with Crippen molar-refractivity contribution in [3.8, 4) is 5.75 Å². The molecule has 0 radical (unpaired) electrons. The number of ether oxygens (including phenoxy) is 1. The van der Waals surface area contributed by atoms with E-state index in [9.17, 15) is 0 Å². The maximum atomic E-state index is 5.67. The number of benzene rings is 4. The fourth-order valence-electron chi connectivity index (χ4n) is 2.58. The minimum Gasteiger partial charge on any atom is -0.489 e. The van der Waals surface area contributed by atoms with Crippen LogP contribution in [0.4, 0.5) is 0 Å². The smallest absolute Gasteiger partial charge is 0.120 e. The van der Waals surface area contributed by atoms with Gasteiger partial charge in [0.25, 0.3) is 0 Å². The summed E-state index contributed by atoms with van der Waals surface area (Å²) in [6.45, 7) is 10.7. The van der Waals surface area contributed by atoms with Gasteiger partial charge in [0.2, 0.25) is 0 Å². The molecule has 4 aromatic carbocycles. The summed E-state index contributed by atoms with van der Waals surface area (Å²) in [5.74, 6) is 0.929. The van der Waals surface area contributed by atoms with E-state index in [2.05, 4.69) is 73.7 Å². The summed E-state index contributed by atoms with van der Waals surface area (Å²) >= 11 is 0. The van der Waals surface area contributed by atoms with Gasteiger partial charge in [-0.05, 0) is 41.0 Å². The quantitative estimate of drug-likeness (QED) is 0.343. The molecule has 0 aliphatic heterocycles. The summed E-state index contributed by atoms with van der Waals surface area (Å²) in [6, 6.07) is 35.0. The molecule has 0 saturated heterocycles. The second-order valence-electron chi connectivity index (χ2n) is 5.94. The fraction of sp³-hybridized carbons (Fsp3) is 0.214. The van der Waals surface area contributed by atoms with Crippen molar-refractivity contribution in [3.05, 3.63) is 114 Å². The molecule has 0 aromatic heterocycles. The summed E-state index contributed by atoms with van der Waals surface area (Å²) in [4.78, 5) is 0. The third-order valence-corrected chi connectivity index (χ3v) is 3.90. The van der Waals surface area contributed by atoms with Gasteiger partial charge in [-0.25, -0.2) is 0 Å². The molecule has 1 nitrogen and oxygen atoms in total. The molecule has 0 heterocycles. The highest BCUT2D eigenvalue weighted by molar-refractivity contribution is 5.82. The predicted octanol–water partition coefficient (Wildman–Crippen LogP) is 8.47. The Kier molecular flexibility index (Phi) is 12.3. The molecular weight excluding hydrogens is 352 g/mol. The zero-order chi connectivity index (χ0) is 21.3. The zero-order valence-corrected chi connectivity index (χ0v) is 18.4. The Morgan fingerprint density at radius 3 is 1.52 bits per heavy atom. The SMILES string of the molecule is CC.CC.Cc1cccc(OCc2ccccc2)c1.c1ccc2ccccc2c1. The lowest BCUT2D eigenvalue weighted by Crippen LogP contribution is -1.94. The zero-order valence-electron chi connectivity index (χ0n) is 18.4. The van der Waals surface area contributed by atoms with Gasteiger partial charge in [-0.15, -0.1) is 0 Å². The Bertz CT molecular complexity index is 848. The van der Waals surface area contributed by atoms with Crippen molar-refractivity contribution < 1.29 is 4.74 Å². The molecule has 0 spiro atoms. The maximum absolute atomic E-state index is 5.67. The molecule has 0 aliphatic carbocycles. The van der Waals surface area contributed by atoms with Crippen LogP contribution in [0.5, 0.6) is 5.75 Å². The number of rotatable bonds is 3. The Hall–Kier alpha value is -3.06. The molecule has 0 N–H and O–H groups in total. The monoisotopic (exact) mass is 386 g/mol. The van der Waals surface area contributed by atoms with Gasteiger partial charge < -0.3 is 4.74 Å². The van der Waals surface area contributed by atoms with Gasteiger partial charge in [-0.3, -0.25) is 0 Å². The first kappa shape index (κ1) is 24.0. The summed E-state index contributed by atoms with van der Waals surface area (Å²) < 4.78 is 5.67. The standard InChI is InChI=1S/C14H14O.C10H8.2C2H6/c1-12-6-5-9-14(10-12)15-11-13-7-3-2-4-8-13;1-2-6-10-8-4-3-7-9(10)5-1;2*1-2/h2-10H,11H2,1H3;1-8H;2*1-2H3. The van der Waals surface area contributed by atoms with E-state index in [4.69, 9.17) is 4.74 Å². The van der Waals surface area contributed by atoms with Gasteiger partial charge in [-0.2, -0.15) is 0 Å². The molecule has 0 atom stereocenters. The topological polar surface area (TPSA) is 9.23 Å². The number of hydrogen-bond acceptors (Lipinski definition) is 1. The third kappa shape index (κ3) is 9.12. The van der Waals surface area contributed by atoms with Gasteiger partial charge in [0.05, 0.1) is 0 Å². The lowest BCUT2D eigenvalue weighted by Gasteiger charge is -2.06. The van der Waals surface area contributed by atoms with E-state index in [0.29, 0.717) is 6.61 Å². The normalized spacial score (nSPS) is 9.00. The second kappa shape index (κ2) is 14.9. The molecule has 0 saturated carbocycles. The predicted molar refractivity (Wildman–Crippen MR) is 129 cm³/mol. The van der Waals surface area contributed by atoms with Crippen molar-refractivity contribution in [2.24, 2.45) is 0 Å². The van der Waals surface area contributed by atoms with Gasteiger partial charge in [0, 0.05) is 0 Å². The molecule has 29 heavy (non-hydrogen) atoms. The largest absolute Gasteiger partial charge is 0.489 e. The van der Waals surface area contributed by atoms with E-state index in [0.717, 1.165) is 5.75 Å². The molecule has 0 amide bonds. The van der Waals surface area contributed by atoms with Crippen molar-refractivity contribution in [2.75, 3.05) is 0 Å². The highest BCUT2D eigenvalue weighted by atomic mass is 16.5. The van der Waals surface area contributed by atoms with Crippen molar-refractivity contribution in [3.63, 3.8) is 0 Å². The molecule has 4 aromatic rings. The first-order valence-corrected chi connectivity index (χ1v) is 10.5. The molecule has 4 rings (SSSR count). The highest BCUT2D eigenvalue weighted by Gasteiger charge is 1.95. The van der Waals surface area contributed by atoms with Crippen LogP contribution < -0.4 is 4.74 Å². The van der Waals surface area contributed by atoms with E-state index in [1.807, 2.05) is 64.1 Å². The molecule has 152 valence electrons. The van der Waals surface area contributed by atoms with E-state index < -0.39 is 0 Å². The van der Waals surface area contributed by atoms with E-state index in [1.165, 1.54) is 21.9 Å². The minimum absolute atomic E-state index is 0.629. The van der Waals surface area contributed by atoms with Gasteiger partial charge in [0.1, 0.15) is 12.4 Å². The molecule has 0 unspecified atom stereocenters. The van der Waals surface area contributed by atoms with Crippen LogP contribution in [0.2, 0.25) is 0 Å². The summed E-state index contributed by atoms with van der Waals surface area (Å²) in [7, 11) is 0. The van der Waals surface area contributed by atoms with Crippen LogP contribution >= 0.6 is 0 Å². The van der Waals surface area contributed by atoms with Crippen LogP contribution in [0.25, 0.3) is 10.8 Å². The third-order valence-electron chi connectivity index (χ3n) is 3.90. The average Bonchev–Trinajstić information content (AvgIpc) is 2.82. The first-order chi connectivity index (χ1) is 14.3. The number of aryl methyl sites for hydroxylation is 1. The van der Waals surface area contributed by atoms with Crippen molar-refractivity contribution >= 4 is 10.8 Å². The van der Waals surface area contributed by atoms with E-state index >= 15 is 0 Å². The van der Waals surface area contributed by atoms with Crippen molar-refractivity contribution in [2.45, 2.75) is 41.2 Å². The van der Waals surface area contributed by atoms with Gasteiger partial charge in [-0.1, -0.05) is 119 Å². The Morgan fingerprint density at radius 1 is 0.552 bits per heavy atom. The molecule has 0 fully saturated rings. The van der Waals surface area contributed by atoms with Gasteiger partial charge in [0.15, 0.2) is 0 Å². The highest BCUT2D eigenvalue weighted by Crippen LogP contribution is 2.14. The van der Waals surface area contributed by atoms with Crippen molar-refractivity contribution in [1.29, 1.82) is 0 Å². The first-order valence-electron chi connectivity index (χ1n) is 10.5. The average molecular weight is 387 g/mol. The summed E-state index contributed by atoms with van der Waals surface area (Å²) in [5.41, 5.74) is 2.42. The van der Waals surface area contributed by atoms with E-state index in [-0.39, 0.29) is 0 Å². The molecule has 0 bridgehead atoms. The second-order valence-corrected chi connectivity index (χ2v) is 5.94. The molecule has 1 heteroatoms. The molecular formula is C28H34O. The summed E-state index contributed by atoms with van der Waals surface area (Å²) in [5, 5.41) is 2.62. The Labute approximate surface area is 177 Å².